The van der Waals surface area contributed by atoms with Crippen molar-refractivity contribution >= 4 is 76.2 Å². The Morgan fingerprint density at radius 1 is 0.746 bits per heavy atom. The van der Waals surface area contributed by atoms with Crippen LogP contribution in [0.25, 0.3) is 31.8 Å². The number of carbonyl (C=O) groups excluding carboxylic acids is 4. The van der Waals surface area contributed by atoms with Gasteiger partial charge in [0, 0.05) is 61.4 Å². The van der Waals surface area contributed by atoms with Gasteiger partial charge in [-0.25, -0.2) is 25.1 Å². The predicted molar refractivity (Wildman–Crippen MR) is 262 cm³/mol. The second-order valence-corrected chi connectivity index (χ2v) is 22.1. The summed E-state index contributed by atoms with van der Waals surface area (Å²) in [6, 6.07) is 24.7. The van der Waals surface area contributed by atoms with Crippen molar-refractivity contribution in [3.05, 3.63) is 135 Å². The van der Waals surface area contributed by atoms with Crippen molar-refractivity contribution in [2.75, 3.05) is 57.8 Å². The lowest BCUT2D eigenvalue weighted by molar-refractivity contribution is -0.153. The largest absolute Gasteiger partial charge is 0.494 e. The van der Waals surface area contributed by atoms with Crippen LogP contribution in [0.2, 0.25) is 0 Å². The molecular weight excluding hydrogens is 1020 g/mol. The first-order valence-electron chi connectivity index (χ1n) is 22.3. The molecule has 0 saturated carbocycles. The van der Waals surface area contributed by atoms with E-state index in [1.54, 1.807) is 74.8 Å². The number of hydrogen-bond acceptors (Lipinski definition) is 12. The Balaban J connectivity index is 0.000000191. The molecule has 4 aliphatic rings. The zero-order valence-corrected chi connectivity index (χ0v) is 41.5. The Labute approximate surface area is 416 Å². The number of likely N-dealkylation sites (N-methyl/N-ethyl adjacent to an activating group) is 2. The molecule has 4 aromatic carbocycles. The van der Waals surface area contributed by atoms with Crippen LogP contribution in [0.1, 0.15) is 30.4 Å². The number of ether oxygens (including phenoxy) is 2. The molecule has 0 aliphatic carbocycles. The van der Waals surface area contributed by atoms with Gasteiger partial charge in [-0.2, -0.15) is 0 Å². The number of sulfonamides is 1. The number of alkyl halides is 1. The summed E-state index contributed by atoms with van der Waals surface area (Å²) in [5.41, 5.74) is 18.9. The number of anilines is 1. The number of rotatable bonds is 16. The Morgan fingerprint density at radius 2 is 1.31 bits per heavy atom. The van der Waals surface area contributed by atoms with E-state index in [0.29, 0.717) is 72.8 Å². The van der Waals surface area contributed by atoms with Crippen LogP contribution in [0.5, 0.6) is 11.5 Å². The van der Waals surface area contributed by atoms with Crippen molar-refractivity contribution in [2.24, 2.45) is 10.2 Å². The number of nitrogens with one attached hydrogen (secondary N) is 1. The van der Waals surface area contributed by atoms with Gasteiger partial charge in [-0.3, -0.25) is 19.2 Å². The maximum Gasteiger partial charge on any atom is 0.268 e. The third-order valence-corrected chi connectivity index (χ3v) is 17.1. The zero-order chi connectivity index (χ0) is 50.7. The molecule has 4 amide bonds. The van der Waals surface area contributed by atoms with Gasteiger partial charge < -0.3 is 29.5 Å². The molecule has 71 heavy (non-hydrogen) atoms. The number of aromatic nitrogens is 1. The van der Waals surface area contributed by atoms with E-state index in [2.05, 4.69) is 41.3 Å². The van der Waals surface area contributed by atoms with E-state index >= 15 is 0 Å². The maximum absolute atomic E-state index is 14.0. The summed E-state index contributed by atoms with van der Waals surface area (Å²) in [5, 5.41) is 10.3. The quantitative estimate of drug-likeness (QED) is 0.0430. The molecule has 370 valence electrons. The molecule has 5 heterocycles. The van der Waals surface area contributed by atoms with Crippen molar-refractivity contribution in [1.29, 1.82) is 0 Å². The number of para-hydroxylation sites is 2. The summed E-state index contributed by atoms with van der Waals surface area (Å²) in [4.78, 5) is 60.2. The van der Waals surface area contributed by atoms with Crippen molar-refractivity contribution in [1.82, 2.24) is 24.0 Å². The summed E-state index contributed by atoms with van der Waals surface area (Å²) >= 11 is 3.78. The highest BCUT2D eigenvalue weighted by Gasteiger charge is 2.66. The summed E-state index contributed by atoms with van der Waals surface area (Å²) in [5.74, 6) is -0.00988. The molecule has 1 aromatic heterocycles. The van der Waals surface area contributed by atoms with Gasteiger partial charge in [0.2, 0.25) is 23.6 Å². The van der Waals surface area contributed by atoms with Crippen LogP contribution < -0.4 is 19.1 Å². The van der Waals surface area contributed by atoms with Gasteiger partial charge >= 0.3 is 0 Å². The highest BCUT2D eigenvalue weighted by molar-refractivity contribution is 9.09. The van der Waals surface area contributed by atoms with E-state index in [1.807, 2.05) is 12.1 Å². The topological polar surface area (TPSA) is 282 Å². The van der Waals surface area contributed by atoms with Crippen LogP contribution in [0.3, 0.4) is 0 Å². The van der Waals surface area contributed by atoms with E-state index in [0.717, 1.165) is 5.56 Å². The SMILES string of the molecule is CN1CC(=O)N2[C@@H](C[C@]3(Br)c4ccccc4N(S(=O)(=O)c4ccc(OCCCN=[N+]=[N-])cc4)[C@H]23)C1=O.CN1CC(=O)N[C@@H](Cc2cn(S(=O)(=O)c3ccc(OCCCN=[N+]=[N-])cc3)c3ccccc23)C1=O. The zero-order valence-electron chi connectivity index (χ0n) is 38.3. The van der Waals surface area contributed by atoms with Crippen molar-refractivity contribution in [3.8, 4) is 11.5 Å². The monoisotopic (exact) mass is 1070 g/mol. The fraction of sp³-hybridized carbons (Fsp3) is 0.348. The number of nitrogens with zero attached hydrogens (tertiary/aromatic N) is 11. The van der Waals surface area contributed by atoms with Gasteiger partial charge in [-0.05, 0) is 95.7 Å². The molecule has 0 spiro atoms. The maximum atomic E-state index is 14.0. The van der Waals surface area contributed by atoms with E-state index < -0.39 is 42.6 Å². The average Bonchev–Trinajstić information content (AvgIpc) is 3.97. The molecule has 3 saturated heterocycles. The Morgan fingerprint density at radius 3 is 1.93 bits per heavy atom. The lowest BCUT2D eigenvalue weighted by Crippen LogP contribution is -2.62. The average molecular weight is 1070 g/mol. The van der Waals surface area contributed by atoms with Gasteiger partial charge in [-0.15, -0.1) is 0 Å². The molecule has 5 aromatic rings. The van der Waals surface area contributed by atoms with Crippen LogP contribution in [-0.2, 0) is 50.0 Å². The minimum Gasteiger partial charge on any atom is -0.494 e. The van der Waals surface area contributed by atoms with Crippen molar-refractivity contribution < 1.29 is 45.5 Å². The lowest BCUT2D eigenvalue weighted by atomic mass is 9.95. The molecule has 4 atom stereocenters. The van der Waals surface area contributed by atoms with Gasteiger partial charge in [-0.1, -0.05) is 62.6 Å². The van der Waals surface area contributed by atoms with E-state index in [-0.39, 0.29) is 59.4 Å². The second-order valence-electron chi connectivity index (χ2n) is 17.0. The van der Waals surface area contributed by atoms with E-state index in [1.165, 1.54) is 53.4 Å². The van der Waals surface area contributed by atoms with Gasteiger partial charge in [0.05, 0.1) is 51.6 Å². The first-order chi connectivity index (χ1) is 34.0. The smallest absolute Gasteiger partial charge is 0.268 e. The number of benzene rings is 4. The van der Waals surface area contributed by atoms with Crippen LogP contribution in [0.4, 0.5) is 5.69 Å². The molecule has 22 nitrogen and oxygen atoms in total. The highest BCUT2D eigenvalue weighted by Crippen LogP contribution is 2.59. The first-order valence-corrected chi connectivity index (χ1v) is 25.9. The number of carbonyl (C=O) groups is 4. The molecule has 0 unspecified atom stereocenters. The van der Waals surface area contributed by atoms with Gasteiger partial charge in [0.25, 0.3) is 20.0 Å². The Kier molecular flexibility index (Phi) is 14.5. The first kappa shape index (κ1) is 50.1. The summed E-state index contributed by atoms with van der Waals surface area (Å²) in [7, 11) is -4.93. The molecule has 3 fully saturated rings. The van der Waals surface area contributed by atoms with Crippen LogP contribution in [-0.4, -0.2) is 131 Å². The van der Waals surface area contributed by atoms with Gasteiger partial charge in [0.1, 0.15) is 29.7 Å². The Bertz CT molecular complexity index is 3220. The third-order valence-electron chi connectivity index (χ3n) is 12.4. The summed E-state index contributed by atoms with van der Waals surface area (Å²) in [6.45, 7) is 1.17. The molecule has 25 heteroatoms. The molecular formula is C46H47BrN12O10S2. The summed E-state index contributed by atoms with van der Waals surface area (Å²) in [6.07, 6.45) is 2.09. The number of hydrogen-bond donors (Lipinski definition) is 1. The number of azide groups is 2. The predicted octanol–water partition coefficient (Wildman–Crippen LogP) is 5.42. The normalized spacial score (nSPS) is 20.5. The number of amides is 4. The number of halogens is 1. The third kappa shape index (κ3) is 9.78. The minimum absolute atomic E-state index is 0.00101. The molecule has 9 rings (SSSR count). The molecule has 0 radical (unpaired) electrons. The van der Waals surface area contributed by atoms with Crippen LogP contribution in [0.15, 0.2) is 123 Å². The van der Waals surface area contributed by atoms with Crippen molar-refractivity contribution in [2.45, 2.75) is 58.0 Å². The number of piperazine rings is 2. The second kappa shape index (κ2) is 20.6. The highest BCUT2D eigenvalue weighted by atomic mass is 79.9. The molecule has 0 bridgehead atoms. The molecule has 4 aliphatic heterocycles. The molecule has 1 N–H and O–H groups in total. The minimum atomic E-state index is -4.12. The number of fused-ring (bicyclic) bond motifs is 6. The van der Waals surface area contributed by atoms with Crippen LogP contribution in [0, 0.1) is 0 Å². The Hall–Kier alpha value is -7.30. The standard InChI is InChI=1S/C23H23BrN6O5S.C23H24N6O5S/c1-28-14-20(31)29-19(21(28)32)13-23(24)17-5-2-3-6-18(17)30(22(23)29)36(33,34)16-9-7-15(8-10-16)35-12-4-11-26-27-25;1-28-15-22(30)26-20(23(28)31)13-16-14-29(21-6-3-2-5-19(16)21)35(32,33)18-9-7-17(8-10-18)34-12-4-11-25-27-24/h2-3,5-10,19,22H,4,11-14H2,1H3;2-3,5-10,14,20H,4,11-13,15H2,1H3,(H,26,30)/t19-,22-,23-;20-/m00/s1. The summed E-state index contributed by atoms with van der Waals surface area (Å²) < 4.78 is 67.8. The fourth-order valence-corrected chi connectivity index (χ4v) is 13.4. The van der Waals surface area contributed by atoms with E-state index in [9.17, 15) is 36.0 Å². The lowest BCUT2D eigenvalue weighted by Gasteiger charge is -2.40. The van der Waals surface area contributed by atoms with E-state index in [4.69, 9.17) is 20.5 Å². The fourth-order valence-electron chi connectivity index (χ4n) is 9.15. The van der Waals surface area contributed by atoms with Crippen LogP contribution >= 0.6 is 15.9 Å². The van der Waals surface area contributed by atoms with Crippen molar-refractivity contribution in [3.63, 3.8) is 0 Å². The van der Waals surface area contributed by atoms with Gasteiger partial charge in [0.15, 0.2) is 0 Å².